The molecule has 2 aromatic heterocycles. The van der Waals surface area contributed by atoms with Crippen LogP contribution < -0.4 is 11.0 Å². The van der Waals surface area contributed by atoms with Crippen LogP contribution in [-0.4, -0.2) is 44.4 Å². The molecule has 35 heavy (non-hydrogen) atoms. The molecule has 1 fully saturated rings. The summed E-state index contributed by atoms with van der Waals surface area (Å²) in [6.07, 6.45) is -2.02. The summed E-state index contributed by atoms with van der Waals surface area (Å²) < 4.78 is 44.7. The van der Waals surface area contributed by atoms with Crippen LogP contribution in [0, 0.1) is 12.7 Å². The standard InChI is InChI=1S/C25H27F3N6O/c1-13(16-6-5-7-17(22(16)26)23(27)28)29-24-19-11-21-20(10-18(19)14(2)30-31-24)33(4)25(35)34(21)15-8-9-32(3)12-15/h5-7,10-11,13,15,23H,8-9,12H2,1-4H3,(H,29,31)/t13-,15?/m1/s1. The van der Waals surface area contributed by atoms with E-state index >= 15 is 0 Å². The normalized spacial score (nSPS) is 17.7. The highest BCUT2D eigenvalue weighted by molar-refractivity contribution is 6.01. The maximum Gasteiger partial charge on any atom is 0.329 e. The zero-order valence-electron chi connectivity index (χ0n) is 20.0. The van der Waals surface area contributed by atoms with Crippen molar-refractivity contribution in [1.29, 1.82) is 0 Å². The van der Waals surface area contributed by atoms with Crippen LogP contribution in [0.15, 0.2) is 35.1 Å². The van der Waals surface area contributed by atoms with Crippen LogP contribution in [0.5, 0.6) is 0 Å². The molecule has 2 aromatic carbocycles. The summed E-state index contributed by atoms with van der Waals surface area (Å²) in [7, 11) is 3.80. The molecule has 184 valence electrons. The molecule has 5 rings (SSSR count). The Morgan fingerprint density at radius 3 is 2.49 bits per heavy atom. The Morgan fingerprint density at radius 2 is 1.80 bits per heavy atom. The highest BCUT2D eigenvalue weighted by atomic mass is 19.3. The molecule has 0 radical (unpaired) electrons. The summed E-state index contributed by atoms with van der Waals surface area (Å²) in [6.45, 7) is 5.22. The lowest BCUT2D eigenvalue weighted by atomic mass is 10.0. The molecule has 1 unspecified atom stereocenters. The first-order valence-corrected chi connectivity index (χ1v) is 11.6. The van der Waals surface area contributed by atoms with Crippen LogP contribution in [0.3, 0.4) is 0 Å². The van der Waals surface area contributed by atoms with E-state index in [2.05, 4.69) is 20.4 Å². The predicted molar refractivity (Wildman–Crippen MR) is 130 cm³/mol. The van der Waals surface area contributed by atoms with Crippen molar-refractivity contribution in [3.63, 3.8) is 0 Å². The third kappa shape index (κ3) is 3.85. The maximum absolute atomic E-state index is 14.8. The largest absolute Gasteiger partial charge is 0.361 e. The number of rotatable bonds is 5. The van der Waals surface area contributed by atoms with Crippen molar-refractivity contribution in [3.05, 3.63) is 63.5 Å². The number of fused-ring (bicyclic) bond motifs is 2. The number of aryl methyl sites for hydroxylation is 2. The Bertz CT molecular complexity index is 1490. The average molecular weight is 485 g/mol. The molecule has 0 spiro atoms. The van der Waals surface area contributed by atoms with Crippen molar-refractivity contribution in [2.75, 3.05) is 25.5 Å². The zero-order valence-corrected chi connectivity index (χ0v) is 20.0. The number of aromatic nitrogens is 4. The average Bonchev–Trinajstić information content (AvgIpc) is 3.35. The number of nitrogens with one attached hydrogen (secondary N) is 1. The van der Waals surface area contributed by atoms with Crippen LogP contribution in [0.25, 0.3) is 21.8 Å². The van der Waals surface area contributed by atoms with E-state index < -0.39 is 23.8 Å². The van der Waals surface area contributed by atoms with Gasteiger partial charge in [0, 0.05) is 29.9 Å². The molecule has 10 heteroatoms. The minimum Gasteiger partial charge on any atom is -0.361 e. The monoisotopic (exact) mass is 484 g/mol. The number of halogens is 3. The lowest BCUT2D eigenvalue weighted by Crippen LogP contribution is -2.27. The topological polar surface area (TPSA) is 68.0 Å². The number of nitrogens with zero attached hydrogens (tertiary/aromatic N) is 5. The fraction of sp³-hybridized carbons (Fsp3) is 0.400. The summed E-state index contributed by atoms with van der Waals surface area (Å²) in [5.41, 5.74) is 1.68. The van der Waals surface area contributed by atoms with Gasteiger partial charge in [-0.2, -0.15) is 5.10 Å². The Kier molecular flexibility index (Phi) is 5.79. The quantitative estimate of drug-likeness (QED) is 0.444. The molecule has 0 amide bonds. The van der Waals surface area contributed by atoms with E-state index in [0.717, 1.165) is 47.4 Å². The lowest BCUT2D eigenvalue weighted by molar-refractivity contribution is 0.146. The molecule has 0 aliphatic carbocycles. The van der Waals surface area contributed by atoms with Gasteiger partial charge >= 0.3 is 5.69 Å². The number of imidazole rings is 1. The Hall–Kier alpha value is -3.40. The highest BCUT2D eigenvalue weighted by Crippen LogP contribution is 2.33. The van der Waals surface area contributed by atoms with Gasteiger partial charge in [-0.25, -0.2) is 18.0 Å². The van der Waals surface area contributed by atoms with Crippen LogP contribution in [-0.2, 0) is 7.05 Å². The van der Waals surface area contributed by atoms with Gasteiger partial charge in [0.2, 0.25) is 0 Å². The lowest BCUT2D eigenvalue weighted by Gasteiger charge is -2.19. The fourth-order valence-electron chi connectivity index (χ4n) is 5.07. The van der Waals surface area contributed by atoms with Gasteiger partial charge in [-0.15, -0.1) is 5.10 Å². The van der Waals surface area contributed by atoms with Gasteiger partial charge in [-0.3, -0.25) is 9.13 Å². The SMILES string of the molecule is Cc1nnc(N[C@H](C)c2cccc(C(F)F)c2F)c2cc3c(cc12)n(C)c(=O)n3C1CCN(C)C1. The fourth-order valence-corrected chi connectivity index (χ4v) is 5.07. The van der Waals surface area contributed by atoms with Crippen molar-refractivity contribution < 1.29 is 13.2 Å². The van der Waals surface area contributed by atoms with E-state index in [1.807, 2.05) is 30.7 Å². The molecule has 3 heterocycles. The number of likely N-dealkylation sites (N-methyl/N-ethyl adjacent to an activating group) is 1. The van der Waals surface area contributed by atoms with Crippen LogP contribution in [0.1, 0.15) is 48.7 Å². The molecule has 0 saturated carbocycles. The van der Waals surface area contributed by atoms with Crippen LogP contribution in [0.2, 0.25) is 0 Å². The van der Waals surface area contributed by atoms with Crippen LogP contribution >= 0.6 is 0 Å². The molecule has 1 aliphatic heterocycles. The third-order valence-corrected chi connectivity index (χ3v) is 7.02. The molecule has 1 N–H and O–H groups in total. The third-order valence-electron chi connectivity index (χ3n) is 7.02. The molecular weight excluding hydrogens is 457 g/mol. The van der Waals surface area contributed by atoms with Gasteiger partial charge in [0.1, 0.15) is 5.82 Å². The Morgan fingerprint density at radius 1 is 1.09 bits per heavy atom. The first-order chi connectivity index (χ1) is 16.7. The molecule has 1 aliphatic rings. The summed E-state index contributed by atoms with van der Waals surface area (Å²) in [4.78, 5) is 15.4. The van der Waals surface area contributed by atoms with Crippen molar-refractivity contribution in [3.8, 4) is 0 Å². The summed E-state index contributed by atoms with van der Waals surface area (Å²) >= 11 is 0. The second-order valence-corrected chi connectivity index (χ2v) is 9.35. The van der Waals surface area contributed by atoms with Crippen molar-refractivity contribution in [2.24, 2.45) is 7.05 Å². The molecule has 7 nitrogen and oxygen atoms in total. The van der Waals surface area contributed by atoms with E-state index in [1.54, 1.807) is 18.5 Å². The minimum atomic E-state index is -2.90. The smallest absolute Gasteiger partial charge is 0.329 e. The van der Waals surface area contributed by atoms with Crippen molar-refractivity contribution >= 4 is 27.6 Å². The Balaban J connectivity index is 1.64. The van der Waals surface area contributed by atoms with Gasteiger partial charge in [0.05, 0.1) is 34.4 Å². The molecule has 1 saturated heterocycles. The second-order valence-electron chi connectivity index (χ2n) is 9.35. The first kappa shape index (κ1) is 23.3. The van der Waals surface area contributed by atoms with E-state index in [4.69, 9.17) is 0 Å². The number of likely N-dealkylation sites (tertiary alicyclic amines) is 1. The van der Waals surface area contributed by atoms with Gasteiger partial charge in [0.25, 0.3) is 6.43 Å². The van der Waals surface area contributed by atoms with E-state index in [1.165, 1.54) is 12.1 Å². The highest BCUT2D eigenvalue weighted by Gasteiger charge is 2.27. The van der Waals surface area contributed by atoms with E-state index in [9.17, 15) is 18.0 Å². The van der Waals surface area contributed by atoms with Crippen molar-refractivity contribution in [1.82, 2.24) is 24.2 Å². The van der Waals surface area contributed by atoms with E-state index in [0.29, 0.717) is 11.5 Å². The van der Waals surface area contributed by atoms with E-state index in [-0.39, 0.29) is 17.3 Å². The molecule has 2 atom stereocenters. The molecule has 4 aromatic rings. The number of benzene rings is 2. The molecular formula is C25H27F3N6O. The number of hydrogen-bond acceptors (Lipinski definition) is 5. The number of anilines is 1. The van der Waals surface area contributed by atoms with Gasteiger partial charge < -0.3 is 10.2 Å². The van der Waals surface area contributed by atoms with Gasteiger partial charge in [0.15, 0.2) is 5.82 Å². The zero-order chi connectivity index (χ0) is 25.0. The summed E-state index contributed by atoms with van der Waals surface area (Å²) in [5, 5.41) is 13.2. The Labute approximate surface area is 200 Å². The summed E-state index contributed by atoms with van der Waals surface area (Å²) in [5.74, 6) is -0.537. The maximum atomic E-state index is 14.8. The number of hydrogen-bond donors (Lipinski definition) is 1. The van der Waals surface area contributed by atoms with Crippen molar-refractivity contribution in [2.45, 2.75) is 38.8 Å². The minimum absolute atomic E-state index is 0.0612. The van der Waals surface area contributed by atoms with Gasteiger partial charge in [-0.05, 0) is 46.0 Å². The van der Waals surface area contributed by atoms with Gasteiger partial charge in [-0.1, -0.05) is 18.2 Å². The second kappa shape index (κ2) is 8.67. The first-order valence-electron chi connectivity index (χ1n) is 11.6. The number of alkyl halides is 2. The molecule has 0 bridgehead atoms. The predicted octanol–water partition coefficient (Wildman–Crippen LogP) is 4.72. The summed E-state index contributed by atoms with van der Waals surface area (Å²) in [6, 6.07) is 7.25. The van der Waals surface area contributed by atoms with Crippen LogP contribution in [0.4, 0.5) is 19.0 Å².